The summed E-state index contributed by atoms with van der Waals surface area (Å²) < 4.78 is 0.857. The van der Waals surface area contributed by atoms with Gasteiger partial charge in [0.1, 0.15) is 0 Å². The van der Waals surface area contributed by atoms with Crippen LogP contribution in [0.5, 0.6) is 0 Å². The number of anilines is 1. The van der Waals surface area contributed by atoms with Crippen molar-refractivity contribution in [2.45, 2.75) is 20.8 Å². The van der Waals surface area contributed by atoms with E-state index < -0.39 is 0 Å². The molecule has 0 unspecified atom stereocenters. The van der Waals surface area contributed by atoms with E-state index in [9.17, 15) is 9.59 Å². The first-order valence-corrected chi connectivity index (χ1v) is 8.57. The van der Waals surface area contributed by atoms with E-state index in [4.69, 9.17) is 0 Å². The van der Waals surface area contributed by atoms with Gasteiger partial charge in [-0.25, -0.2) is 0 Å². The molecule has 126 valence electrons. The summed E-state index contributed by atoms with van der Waals surface area (Å²) in [6, 6.07) is 13.2. The fraction of sp³-hybridized carbons (Fsp3) is 0.263. The van der Waals surface area contributed by atoms with Crippen molar-refractivity contribution in [3.8, 4) is 0 Å². The summed E-state index contributed by atoms with van der Waals surface area (Å²) in [7, 11) is 0. The van der Waals surface area contributed by atoms with Crippen molar-refractivity contribution < 1.29 is 9.59 Å². The molecule has 0 aliphatic rings. The molecule has 0 bridgehead atoms. The lowest BCUT2D eigenvalue weighted by molar-refractivity contribution is -0.116. The van der Waals surface area contributed by atoms with E-state index in [-0.39, 0.29) is 11.8 Å². The number of aryl methyl sites for hydroxylation is 2. The SMILES string of the molecule is CC(=O)N(CCNC(=O)c1cccc(Br)c1)c1ccc(C)cc1C. The third-order valence-corrected chi connectivity index (χ3v) is 4.22. The van der Waals surface area contributed by atoms with Crippen molar-refractivity contribution >= 4 is 33.4 Å². The number of rotatable bonds is 5. The monoisotopic (exact) mass is 388 g/mol. The summed E-state index contributed by atoms with van der Waals surface area (Å²) in [5, 5.41) is 2.86. The number of hydrogen-bond donors (Lipinski definition) is 1. The maximum absolute atomic E-state index is 12.2. The van der Waals surface area contributed by atoms with Crippen molar-refractivity contribution in [1.29, 1.82) is 0 Å². The smallest absolute Gasteiger partial charge is 0.251 e. The molecule has 0 radical (unpaired) electrons. The molecule has 0 aliphatic carbocycles. The molecule has 0 aliphatic heterocycles. The largest absolute Gasteiger partial charge is 0.350 e. The van der Waals surface area contributed by atoms with E-state index in [0.717, 1.165) is 21.3 Å². The standard InChI is InChI=1S/C19H21BrN2O2/c1-13-7-8-18(14(2)11-13)22(15(3)23)10-9-21-19(24)16-5-4-6-17(20)12-16/h4-8,11-12H,9-10H2,1-3H3,(H,21,24). The Bertz CT molecular complexity index is 759. The highest BCUT2D eigenvalue weighted by Crippen LogP contribution is 2.21. The van der Waals surface area contributed by atoms with Crippen LogP contribution in [-0.2, 0) is 4.79 Å². The Morgan fingerprint density at radius 1 is 1.12 bits per heavy atom. The number of amides is 2. The van der Waals surface area contributed by atoms with Gasteiger partial charge in [-0.15, -0.1) is 0 Å². The van der Waals surface area contributed by atoms with Crippen molar-refractivity contribution in [1.82, 2.24) is 5.32 Å². The molecule has 2 rings (SSSR count). The van der Waals surface area contributed by atoms with Crippen LogP contribution >= 0.6 is 15.9 Å². The highest BCUT2D eigenvalue weighted by atomic mass is 79.9. The van der Waals surface area contributed by atoms with E-state index in [1.807, 2.05) is 44.2 Å². The molecule has 4 nitrogen and oxygen atoms in total. The van der Waals surface area contributed by atoms with Crippen molar-refractivity contribution in [3.63, 3.8) is 0 Å². The first-order valence-electron chi connectivity index (χ1n) is 7.77. The van der Waals surface area contributed by atoms with Gasteiger partial charge in [0.25, 0.3) is 5.91 Å². The maximum Gasteiger partial charge on any atom is 0.251 e. The Labute approximate surface area is 151 Å². The lowest BCUT2D eigenvalue weighted by atomic mass is 10.1. The van der Waals surface area contributed by atoms with Gasteiger partial charge in [-0.2, -0.15) is 0 Å². The van der Waals surface area contributed by atoms with Gasteiger partial charge in [0, 0.05) is 35.7 Å². The van der Waals surface area contributed by atoms with Crippen LogP contribution in [-0.4, -0.2) is 24.9 Å². The van der Waals surface area contributed by atoms with E-state index in [1.165, 1.54) is 6.92 Å². The molecule has 2 aromatic carbocycles. The molecule has 2 amide bonds. The second kappa shape index (κ2) is 8.11. The average molecular weight is 389 g/mol. The van der Waals surface area contributed by atoms with Gasteiger partial charge in [0.2, 0.25) is 5.91 Å². The minimum Gasteiger partial charge on any atom is -0.350 e. The molecule has 0 saturated carbocycles. The normalized spacial score (nSPS) is 10.3. The maximum atomic E-state index is 12.2. The Hall–Kier alpha value is -2.14. The second-order valence-corrected chi connectivity index (χ2v) is 6.64. The Morgan fingerprint density at radius 2 is 1.88 bits per heavy atom. The van der Waals surface area contributed by atoms with Crippen LogP contribution in [0.1, 0.15) is 28.4 Å². The van der Waals surface area contributed by atoms with Crippen molar-refractivity contribution in [3.05, 3.63) is 63.6 Å². The summed E-state index contributed by atoms with van der Waals surface area (Å²) in [5.41, 5.74) is 3.67. The quantitative estimate of drug-likeness (QED) is 0.845. The van der Waals surface area contributed by atoms with Gasteiger partial charge in [-0.3, -0.25) is 9.59 Å². The van der Waals surface area contributed by atoms with Gasteiger partial charge < -0.3 is 10.2 Å². The third kappa shape index (κ3) is 4.68. The number of benzene rings is 2. The summed E-state index contributed by atoms with van der Waals surface area (Å²) in [4.78, 5) is 25.8. The zero-order valence-electron chi connectivity index (χ0n) is 14.1. The summed E-state index contributed by atoms with van der Waals surface area (Å²) in [6.45, 7) is 6.36. The number of carbonyl (C=O) groups is 2. The molecule has 0 fully saturated rings. The Balaban J connectivity index is 2.02. The van der Waals surface area contributed by atoms with Gasteiger partial charge in [0.15, 0.2) is 0 Å². The van der Waals surface area contributed by atoms with Crippen LogP contribution in [0.15, 0.2) is 46.9 Å². The third-order valence-electron chi connectivity index (χ3n) is 3.73. The molecule has 1 N–H and O–H groups in total. The molecule has 0 spiro atoms. The molecule has 5 heteroatoms. The predicted octanol–water partition coefficient (Wildman–Crippen LogP) is 3.85. The molecule has 0 heterocycles. The zero-order chi connectivity index (χ0) is 17.7. The van der Waals surface area contributed by atoms with E-state index in [1.54, 1.807) is 17.0 Å². The number of hydrogen-bond acceptors (Lipinski definition) is 2. The van der Waals surface area contributed by atoms with Crippen LogP contribution in [0.4, 0.5) is 5.69 Å². The highest BCUT2D eigenvalue weighted by molar-refractivity contribution is 9.10. The molecule has 0 aromatic heterocycles. The minimum absolute atomic E-state index is 0.0429. The fourth-order valence-electron chi connectivity index (χ4n) is 2.57. The van der Waals surface area contributed by atoms with E-state index in [0.29, 0.717) is 18.7 Å². The van der Waals surface area contributed by atoms with Crippen LogP contribution in [0.3, 0.4) is 0 Å². The van der Waals surface area contributed by atoms with Crippen LogP contribution in [0, 0.1) is 13.8 Å². The van der Waals surface area contributed by atoms with Crippen molar-refractivity contribution in [2.75, 3.05) is 18.0 Å². The van der Waals surface area contributed by atoms with E-state index >= 15 is 0 Å². The molecule has 24 heavy (non-hydrogen) atoms. The second-order valence-electron chi connectivity index (χ2n) is 5.73. The number of nitrogens with one attached hydrogen (secondary N) is 1. The van der Waals surface area contributed by atoms with Crippen LogP contribution < -0.4 is 10.2 Å². The number of halogens is 1. The van der Waals surface area contributed by atoms with Crippen molar-refractivity contribution in [2.24, 2.45) is 0 Å². The van der Waals surface area contributed by atoms with Gasteiger partial charge in [-0.1, -0.05) is 39.7 Å². The van der Waals surface area contributed by atoms with Crippen LogP contribution in [0.25, 0.3) is 0 Å². The molecule has 0 saturated heterocycles. The first kappa shape index (κ1) is 18.2. The predicted molar refractivity (Wildman–Crippen MR) is 100 cm³/mol. The Morgan fingerprint density at radius 3 is 2.50 bits per heavy atom. The lowest BCUT2D eigenvalue weighted by Crippen LogP contribution is -2.38. The van der Waals surface area contributed by atoms with E-state index in [2.05, 4.69) is 21.2 Å². The zero-order valence-corrected chi connectivity index (χ0v) is 15.7. The van der Waals surface area contributed by atoms with Gasteiger partial charge in [-0.05, 0) is 43.7 Å². The van der Waals surface area contributed by atoms with Crippen LogP contribution in [0.2, 0.25) is 0 Å². The molecular weight excluding hydrogens is 368 g/mol. The highest BCUT2D eigenvalue weighted by Gasteiger charge is 2.14. The lowest BCUT2D eigenvalue weighted by Gasteiger charge is -2.23. The fourth-order valence-corrected chi connectivity index (χ4v) is 2.97. The summed E-state index contributed by atoms with van der Waals surface area (Å²) >= 11 is 3.35. The molecule has 0 atom stereocenters. The summed E-state index contributed by atoms with van der Waals surface area (Å²) in [6.07, 6.45) is 0. The van der Waals surface area contributed by atoms with Gasteiger partial charge >= 0.3 is 0 Å². The minimum atomic E-state index is -0.152. The first-order chi connectivity index (χ1) is 11.4. The number of nitrogens with zero attached hydrogens (tertiary/aromatic N) is 1. The van der Waals surface area contributed by atoms with Gasteiger partial charge in [0.05, 0.1) is 0 Å². The molecule has 2 aromatic rings. The number of carbonyl (C=O) groups excluding carboxylic acids is 2. The average Bonchev–Trinajstić information content (AvgIpc) is 2.52. The topological polar surface area (TPSA) is 49.4 Å². The summed E-state index contributed by atoms with van der Waals surface area (Å²) in [5.74, 6) is -0.195. The molecular formula is C19H21BrN2O2. The Kier molecular flexibility index (Phi) is 6.15.